The van der Waals surface area contributed by atoms with Crippen LogP contribution in [0.15, 0.2) is 65.6 Å². The lowest BCUT2D eigenvalue weighted by atomic mass is 10.2. The molecule has 2 aromatic carbocycles. The lowest BCUT2D eigenvalue weighted by Crippen LogP contribution is -2.17. The van der Waals surface area contributed by atoms with E-state index >= 15 is 0 Å². The Kier molecular flexibility index (Phi) is 4.24. The number of aromatic nitrogens is 2. The molecular weight excluding hydrogens is 349 g/mol. The summed E-state index contributed by atoms with van der Waals surface area (Å²) in [4.78, 5) is 11.8. The Hall–Kier alpha value is -3.20. The predicted octanol–water partition coefficient (Wildman–Crippen LogP) is 2.06. The summed E-state index contributed by atoms with van der Waals surface area (Å²) in [5.41, 5.74) is 5.94. The third kappa shape index (κ3) is 3.36. The smallest absolute Gasteiger partial charge is 0.344 e. The van der Waals surface area contributed by atoms with Crippen LogP contribution in [-0.4, -0.2) is 23.6 Å². The molecule has 3 rings (SSSR count). The van der Waals surface area contributed by atoms with Crippen LogP contribution in [0.4, 0.5) is 10.2 Å². The zero-order valence-electron chi connectivity index (χ0n) is 12.7. The van der Waals surface area contributed by atoms with E-state index in [-0.39, 0.29) is 22.2 Å². The molecule has 2 N–H and O–H groups in total. The van der Waals surface area contributed by atoms with Crippen LogP contribution in [0.25, 0.3) is 0 Å². The minimum absolute atomic E-state index is 0.204. The van der Waals surface area contributed by atoms with Crippen molar-refractivity contribution < 1.29 is 22.3 Å². The summed E-state index contributed by atoms with van der Waals surface area (Å²) in [6.07, 6.45) is 0. The summed E-state index contributed by atoms with van der Waals surface area (Å²) in [6, 6.07) is 13.4. The number of hydrogen-bond acceptors (Lipinski definition) is 6. The molecule has 0 aliphatic rings. The lowest BCUT2D eigenvalue weighted by molar-refractivity contribution is 0.0727. The first-order chi connectivity index (χ1) is 11.9. The van der Waals surface area contributed by atoms with Crippen molar-refractivity contribution in [2.45, 2.75) is 4.90 Å². The largest absolute Gasteiger partial charge is 0.402 e. The van der Waals surface area contributed by atoms with Gasteiger partial charge in [0.1, 0.15) is 11.6 Å². The summed E-state index contributed by atoms with van der Waals surface area (Å²) in [7, 11) is -4.14. The van der Waals surface area contributed by atoms with Crippen molar-refractivity contribution in [2.75, 3.05) is 5.73 Å². The number of ether oxygens (including phenoxy) is 1. The number of benzene rings is 2. The van der Waals surface area contributed by atoms with Gasteiger partial charge in [0.15, 0.2) is 0 Å². The van der Waals surface area contributed by atoms with Gasteiger partial charge in [-0.3, -0.25) is 0 Å². The minimum Gasteiger partial charge on any atom is -0.402 e. The van der Waals surface area contributed by atoms with Crippen LogP contribution in [0, 0.1) is 5.82 Å². The number of carbonyl (C=O) groups excluding carboxylic acids is 1. The molecule has 25 heavy (non-hydrogen) atoms. The van der Waals surface area contributed by atoms with Gasteiger partial charge in [-0.05, 0) is 36.4 Å². The van der Waals surface area contributed by atoms with Crippen molar-refractivity contribution in [3.05, 3.63) is 72.0 Å². The SMILES string of the molecule is Nc1cc(OC(=O)c2ccccc2)nn1S(=O)(=O)c1ccc(F)cc1. The van der Waals surface area contributed by atoms with Crippen molar-refractivity contribution in [3.8, 4) is 5.88 Å². The molecule has 1 aromatic heterocycles. The average Bonchev–Trinajstić information content (AvgIpc) is 2.97. The molecule has 3 aromatic rings. The summed E-state index contributed by atoms with van der Waals surface area (Å²) < 4.78 is 43.5. The van der Waals surface area contributed by atoms with Gasteiger partial charge in [-0.25, -0.2) is 9.18 Å². The molecule has 0 unspecified atom stereocenters. The molecule has 9 heteroatoms. The molecule has 0 saturated carbocycles. The van der Waals surface area contributed by atoms with Crippen LogP contribution in [0.1, 0.15) is 10.4 Å². The highest BCUT2D eigenvalue weighted by atomic mass is 32.2. The Bertz CT molecular complexity index is 1020. The topological polar surface area (TPSA) is 104 Å². The minimum atomic E-state index is -4.14. The zero-order valence-corrected chi connectivity index (χ0v) is 13.5. The third-order valence-electron chi connectivity index (χ3n) is 3.23. The van der Waals surface area contributed by atoms with Gasteiger partial charge in [-0.1, -0.05) is 18.2 Å². The fraction of sp³-hybridized carbons (Fsp3) is 0. The van der Waals surface area contributed by atoms with E-state index in [0.29, 0.717) is 4.09 Å². The Labute approximate surface area is 142 Å². The first kappa shape index (κ1) is 16.7. The Morgan fingerprint density at radius 3 is 2.36 bits per heavy atom. The molecule has 7 nitrogen and oxygen atoms in total. The number of rotatable bonds is 4. The first-order valence-electron chi connectivity index (χ1n) is 7.02. The molecule has 0 aliphatic heterocycles. The fourth-order valence-corrected chi connectivity index (χ4v) is 3.23. The zero-order chi connectivity index (χ0) is 18.0. The molecular formula is C16H12FN3O4S. The van der Waals surface area contributed by atoms with Crippen molar-refractivity contribution in [1.82, 2.24) is 9.19 Å². The predicted molar refractivity (Wildman–Crippen MR) is 87.0 cm³/mol. The number of esters is 1. The Morgan fingerprint density at radius 1 is 1.08 bits per heavy atom. The monoisotopic (exact) mass is 361 g/mol. The van der Waals surface area contributed by atoms with Gasteiger partial charge >= 0.3 is 5.97 Å². The van der Waals surface area contributed by atoms with Crippen LogP contribution in [0.2, 0.25) is 0 Å². The molecule has 0 atom stereocenters. The molecule has 0 spiro atoms. The summed E-state index contributed by atoms with van der Waals surface area (Å²) in [5, 5.41) is 3.71. The van der Waals surface area contributed by atoms with E-state index in [9.17, 15) is 17.6 Å². The Balaban J connectivity index is 1.90. The number of nitrogens with two attached hydrogens (primary N) is 1. The maximum atomic E-state index is 13.0. The van der Waals surface area contributed by atoms with Crippen LogP contribution < -0.4 is 10.5 Å². The number of carbonyl (C=O) groups is 1. The quantitative estimate of drug-likeness (QED) is 0.713. The van der Waals surface area contributed by atoms with E-state index in [1.807, 2.05) is 0 Å². The van der Waals surface area contributed by atoms with Gasteiger partial charge in [-0.15, -0.1) is 9.19 Å². The number of anilines is 1. The molecule has 0 amide bonds. The van der Waals surface area contributed by atoms with E-state index in [1.165, 1.54) is 12.1 Å². The Morgan fingerprint density at radius 2 is 1.72 bits per heavy atom. The molecule has 0 bridgehead atoms. The first-order valence-corrected chi connectivity index (χ1v) is 8.46. The number of nitrogens with zero attached hydrogens (tertiary/aromatic N) is 2. The van der Waals surface area contributed by atoms with E-state index in [0.717, 1.165) is 30.3 Å². The van der Waals surface area contributed by atoms with Gasteiger partial charge in [0, 0.05) is 6.07 Å². The third-order valence-corrected chi connectivity index (χ3v) is 4.84. The number of halogens is 1. The highest BCUT2D eigenvalue weighted by molar-refractivity contribution is 7.90. The van der Waals surface area contributed by atoms with Gasteiger partial charge in [0.2, 0.25) is 5.88 Å². The maximum absolute atomic E-state index is 13.0. The summed E-state index contributed by atoms with van der Waals surface area (Å²) in [5.74, 6) is -1.80. The molecule has 0 fully saturated rings. The van der Waals surface area contributed by atoms with E-state index < -0.39 is 21.8 Å². The highest BCUT2D eigenvalue weighted by Gasteiger charge is 2.23. The van der Waals surface area contributed by atoms with E-state index in [2.05, 4.69) is 5.10 Å². The van der Waals surface area contributed by atoms with E-state index in [4.69, 9.17) is 10.5 Å². The van der Waals surface area contributed by atoms with Crippen LogP contribution in [-0.2, 0) is 10.0 Å². The summed E-state index contributed by atoms with van der Waals surface area (Å²) >= 11 is 0. The maximum Gasteiger partial charge on any atom is 0.344 e. The molecule has 128 valence electrons. The fourth-order valence-electron chi connectivity index (χ4n) is 2.03. The highest BCUT2D eigenvalue weighted by Crippen LogP contribution is 2.22. The van der Waals surface area contributed by atoms with Gasteiger partial charge in [0.05, 0.1) is 10.5 Å². The van der Waals surface area contributed by atoms with Gasteiger partial charge in [0.25, 0.3) is 10.0 Å². The number of hydrogen-bond donors (Lipinski definition) is 1. The lowest BCUT2D eigenvalue weighted by Gasteiger charge is -2.05. The van der Waals surface area contributed by atoms with Crippen molar-refractivity contribution in [1.29, 1.82) is 0 Å². The normalized spacial score (nSPS) is 11.2. The molecule has 1 heterocycles. The average molecular weight is 361 g/mol. The van der Waals surface area contributed by atoms with Crippen LogP contribution in [0.5, 0.6) is 5.88 Å². The molecule has 0 aliphatic carbocycles. The van der Waals surface area contributed by atoms with Crippen molar-refractivity contribution in [3.63, 3.8) is 0 Å². The standard InChI is InChI=1S/C16H12FN3O4S/c17-12-6-8-13(9-7-12)25(22,23)20-14(18)10-15(19-20)24-16(21)11-4-2-1-3-5-11/h1-10H,18H2. The number of nitrogen functional groups attached to an aromatic ring is 1. The molecule has 0 saturated heterocycles. The molecule has 0 radical (unpaired) electrons. The second-order valence-corrected chi connectivity index (χ2v) is 6.73. The van der Waals surface area contributed by atoms with Gasteiger partial charge < -0.3 is 10.5 Å². The van der Waals surface area contributed by atoms with E-state index in [1.54, 1.807) is 18.2 Å². The second kappa shape index (κ2) is 6.36. The van der Waals surface area contributed by atoms with Crippen LogP contribution in [0.3, 0.4) is 0 Å². The van der Waals surface area contributed by atoms with Crippen LogP contribution >= 0.6 is 0 Å². The van der Waals surface area contributed by atoms with Gasteiger partial charge in [-0.2, -0.15) is 8.42 Å². The summed E-state index contributed by atoms with van der Waals surface area (Å²) in [6.45, 7) is 0. The van der Waals surface area contributed by atoms with Crippen molar-refractivity contribution in [2.24, 2.45) is 0 Å². The second-order valence-electron chi connectivity index (χ2n) is 4.96. The van der Waals surface area contributed by atoms with Crippen molar-refractivity contribution >= 4 is 21.8 Å².